The van der Waals surface area contributed by atoms with Crippen LogP contribution in [0, 0.1) is 19.7 Å². The van der Waals surface area contributed by atoms with Crippen LogP contribution in [0.15, 0.2) is 36.4 Å². The molecule has 0 aliphatic heterocycles. The smallest absolute Gasteiger partial charge is 0.272 e. The number of hydrogen-bond donors (Lipinski definition) is 3. The number of carbonyl (C=O) groups is 1. The van der Waals surface area contributed by atoms with Gasteiger partial charge in [0.1, 0.15) is 11.5 Å². The van der Waals surface area contributed by atoms with Crippen LogP contribution < -0.4 is 5.32 Å². The molecule has 0 saturated heterocycles. The van der Waals surface area contributed by atoms with Crippen LogP contribution in [0.4, 0.5) is 10.1 Å². The molecule has 3 rings (SSSR count). The molecule has 0 saturated carbocycles. The first-order valence-corrected chi connectivity index (χ1v) is 7.28. The molecule has 3 aromatic rings. The molecule has 2 aromatic carbocycles. The number of nitrogens with one attached hydrogen (secondary N) is 2. The van der Waals surface area contributed by atoms with E-state index in [1.165, 1.54) is 12.1 Å². The minimum atomic E-state index is -0.338. The molecule has 4 nitrogen and oxygen atoms in total. The van der Waals surface area contributed by atoms with Gasteiger partial charge in [0.25, 0.3) is 5.91 Å². The Morgan fingerprint density at radius 3 is 2.70 bits per heavy atom. The minimum absolute atomic E-state index is 0.0893. The molecule has 0 fully saturated rings. The molecule has 0 unspecified atom stereocenters. The van der Waals surface area contributed by atoms with Crippen molar-refractivity contribution in [1.29, 1.82) is 0 Å². The molecule has 23 heavy (non-hydrogen) atoms. The number of aryl methyl sites for hydroxylation is 2. The van der Waals surface area contributed by atoms with Gasteiger partial charge in [-0.05, 0) is 54.8 Å². The van der Waals surface area contributed by atoms with Gasteiger partial charge in [-0.3, -0.25) is 4.79 Å². The van der Waals surface area contributed by atoms with Crippen molar-refractivity contribution in [2.75, 3.05) is 5.32 Å². The van der Waals surface area contributed by atoms with Crippen molar-refractivity contribution >= 4 is 22.5 Å². The van der Waals surface area contributed by atoms with Gasteiger partial charge in [-0.15, -0.1) is 0 Å². The van der Waals surface area contributed by atoms with E-state index in [2.05, 4.69) is 10.3 Å². The number of halogens is 1. The third-order valence-corrected chi connectivity index (χ3v) is 3.89. The van der Waals surface area contributed by atoms with E-state index in [4.69, 9.17) is 0 Å². The predicted molar refractivity (Wildman–Crippen MR) is 88.0 cm³/mol. The molecule has 0 bridgehead atoms. The summed E-state index contributed by atoms with van der Waals surface area (Å²) < 4.78 is 13.4. The van der Waals surface area contributed by atoms with E-state index in [0.717, 1.165) is 22.1 Å². The summed E-state index contributed by atoms with van der Waals surface area (Å²) in [6, 6.07) is 9.90. The zero-order valence-corrected chi connectivity index (χ0v) is 12.9. The number of hydrogen-bond acceptors (Lipinski definition) is 2. The molecule has 1 amide bonds. The van der Waals surface area contributed by atoms with E-state index >= 15 is 0 Å². The number of carbonyl (C=O) groups excluding carboxylic acids is 1. The first kappa shape index (κ1) is 15.2. The molecule has 5 heteroatoms. The predicted octanol–water partition coefficient (Wildman–Crippen LogP) is 3.67. The van der Waals surface area contributed by atoms with Crippen molar-refractivity contribution in [2.24, 2.45) is 0 Å². The van der Waals surface area contributed by atoms with Gasteiger partial charge < -0.3 is 15.4 Å². The Morgan fingerprint density at radius 2 is 1.96 bits per heavy atom. The number of aromatic amines is 1. The number of aliphatic hydroxyl groups is 1. The van der Waals surface area contributed by atoms with E-state index in [9.17, 15) is 14.3 Å². The summed E-state index contributed by atoms with van der Waals surface area (Å²) in [4.78, 5) is 15.4. The van der Waals surface area contributed by atoms with Gasteiger partial charge in [0.05, 0.1) is 6.61 Å². The van der Waals surface area contributed by atoms with Crippen molar-refractivity contribution in [3.63, 3.8) is 0 Å². The monoisotopic (exact) mass is 312 g/mol. The quantitative estimate of drug-likeness (QED) is 0.691. The summed E-state index contributed by atoms with van der Waals surface area (Å²) in [5.74, 6) is -0.644. The van der Waals surface area contributed by atoms with Gasteiger partial charge in [-0.25, -0.2) is 4.39 Å². The summed E-state index contributed by atoms with van der Waals surface area (Å²) in [5, 5.41) is 12.8. The highest BCUT2D eigenvalue weighted by Gasteiger charge is 2.13. The number of anilines is 1. The van der Waals surface area contributed by atoms with Gasteiger partial charge in [-0.2, -0.15) is 0 Å². The van der Waals surface area contributed by atoms with Crippen LogP contribution in [-0.4, -0.2) is 16.0 Å². The molecular formula is C18H17FN2O2. The second-order valence-electron chi connectivity index (χ2n) is 5.63. The van der Waals surface area contributed by atoms with E-state index < -0.39 is 0 Å². The molecule has 118 valence electrons. The lowest BCUT2D eigenvalue weighted by Gasteiger charge is -2.09. The largest absolute Gasteiger partial charge is 0.392 e. The van der Waals surface area contributed by atoms with Crippen molar-refractivity contribution in [1.82, 2.24) is 4.98 Å². The standard InChI is InChI=1S/C18H17FN2O2/c1-10-3-4-12(9-22)6-15(10)21-18(23)17-8-14-11(2)5-13(19)7-16(14)20-17/h3-8,20,22H,9H2,1-2H3,(H,21,23). The van der Waals surface area contributed by atoms with Crippen LogP contribution in [0.5, 0.6) is 0 Å². The maximum Gasteiger partial charge on any atom is 0.272 e. The van der Waals surface area contributed by atoms with Gasteiger partial charge in [-0.1, -0.05) is 12.1 Å². The van der Waals surface area contributed by atoms with E-state index in [-0.39, 0.29) is 18.3 Å². The van der Waals surface area contributed by atoms with Gasteiger partial charge in [0, 0.05) is 16.6 Å². The Morgan fingerprint density at radius 1 is 1.17 bits per heavy atom. The molecule has 0 aliphatic carbocycles. The Bertz CT molecular complexity index is 899. The van der Waals surface area contributed by atoms with Gasteiger partial charge in [0.15, 0.2) is 0 Å². The third-order valence-electron chi connectivity index (χ3n) is 3.89. The van der Waals surface area contributed by atoms with Gasteiger partial charge >= 0.3 is 0 Å². The Balaban J connectivity index is 1.93. The van der Waals surface area contributed by atoms with Crippen LogP contribution in [0.25, 0.3) is 10.9 Å². The highest BCUT2D eigenvalue weighted by Crippen LogP contribution is 2.23. The maximum atomic E-state index is 13.4. The number of H-pyrrole nitrogens is 1. The molecule has 0 atom stereocenters. The second-order valence-corrected chi connectivity index (χ2v) is 5.63. The highest BCUT2D eigenvalue weighted by molar-refractivity contribution is 6.06. The highest BCUT2D eigenvalue weighted by atomic mass is 19.1. The number of rotatable bonds is 3. The van der Waals surface area contributed by atoms with Crippen molar-refractivity contribution < 1.29 is 14.3 Å². The molecule has 0 aliphatic rings. The first-order valence-electron chi connectivity index (χ1n) is 7.28. The molecule has 0 radical (unpaired) electrons. The number of fused-ring (bicyclic) bond motifs is 1. The summed E-state index contributed by atoms with van der Waals surface area (Å²) in [6.07, 6.45) is 0. The Labute approximate surface area is 133 Å². The number of aromatic nitrogens is 1. The average Bonchev–Trinajstić information content (AvgIpc) is 2.93. The molecule has 1 heterocycles. The third kappa shape index (κ3) is 2.96. The minimum Gasteiger partial charge on any atom is -0.392 e. The van der Waals surface area contributed by atoms with Crippen LogP contribution >= 0.6 is 0 Å². The van der Waals surface area contributed by atoms with Crippen molar-refractivity contribution in [3.05, 3.63) is 64.6 Å². The number of benzene rings is 2. The van der Waals surface area contributed by atoms with Crippen LogP contribution in [-0.2, 0) is 6.61 Å². The average molecular weight is 312 g/mol. The molecule has 1 aromatic heterocycles. The lowest BCUT2D eigenvalue weighted by atomic mass is 10.1. The second kappa shape index (κ2) is 5.85. The van der Waals surface area contributed by atoms with Crippen molar-refractivity contribution in [3.8, 4) is 0 Å². The van der Waals surface area contributed by atoms with Crippen LogP contribution in [0.1, 0.15) is 27.2 Å². The maximum absolute atomic E-state index is 13.4. The fourth-order valence-corrected chi connectivity index (χ4v) is 2.59. The van der Waals surface area contributed by atoms with Crippen molar-refractivity contribution in [2.45, 2.75) is 20.5 Å². The summed E-state index contributed by atoms with van der Waals surface area (Å²) >= 11 is 0. The number of aliphatic hydroxyl groups excluding tert-OH is 1. The van der Waals surface area contributed by atoms with Crippen LogP contribution in [0.3, 0.4) is 0 Å². The number of amides is 1. The Kier molecular flexibility index (Phi) is 3.88. The summed E-state index contributed by atoms with van der Waals surface area (Å²) in [5.41, 5.74) is 3.99. The van der Waals surface area contributed by atoms with E-state index in [1.54, 1.807) is 25.1 Å². The SMILES string of the molecule is Cc1ccc(CO)cc1NC(=O)c1cc2c(C)cc(F)cc2[nH]1. The van der Waals surface area contributed by atoms with Gasteiger partial charge in [0.2, 0.25) is 0 Å². The first-order chi connectivity index (χ1) is 11.0. The Hall–Kier alpha value is -2.66. The topological polar surface area (TPSA) is 65.1 Å². The molecule has 0 spiro atoms. The normalized spacial score (nSPS) is 11.0. The lowest BCUT2D eigenvalue weighted by Crippen LogP contribution is -2.13. The lowest BCUT2D eigenvalue weighted by molar-refractivity contribution is 0.102. The van der Waals surface area contributed by atoms with Crippen LogP contribution in [0.2, 0.25) is 0 Å². The van der Waals surface area contributed by atoms with E-state index in [1.807, 2.05) is 13.0 Å². The van der Waals surface area contributed by atoms with E-state index in [0.29, 0.717) is 16.9 Å². The summed E-state index contributed by atoms with van der Waals surface area (Å²) in [6.45, 7) is 3.59. The fourth-order valence-electron chi connectivity index (χ4n) is 2.59. The summed E-state index contributed by atoms with van der Waals surface area (Å²) in [7, 11) is 0. The zero-order chi connectivity index (χ0) is 16.6. The fraction of sp³-hybridized carbons (Fsp3) is 0.167. The zero-order valence-electron chi connectivity index (χ0n) is 12.9. The molecular weight excluding hydrogens is 295 g/mol. The molecule has 3 N–H and O–H groups in total.